The smallest absolute Gasteiger partial charge is 0.271 e. The molecule has 2 fully saturated rings. The van der Waals surface area contributed by atoms with Gasteiger partial charge in [-0.3, -0.25) is 9.59 Å². The summed E-state index contributed by atoms with van der Waals surface area (Å²) >= 11 is 0. The number of hydrogen-bond donors (Lipinski definition) is 1. The Morgan fingerprint density at radius 2 is 1.84 bits per heavy atom. The Morgan fingerprint density at radius 1 is 1.11 bits per heavy atom. The van der Waals surface area contributed by atoms with Gasteiger partial charge in [0.1, 0.15) is 17.0 Å². The van der Waals surface area contributed by atoms with Gasteiger partial charge in [0.25, 0.3) is 5.91 Å². The van der Waals surface area contributed by atoms with E-state index in [1.54, 1.807) is 7.11 Å². The van der Waals surface area contributed by atoms with Crippen molar-refractivity contribution in [2.24, 2.45) is 11.8 Å². The van der Waals surface area contributed by atoms with Gasteiger partial charge in [-0.25, -0.2) is 0 Å². The normalized spacial score (nSPS) is 27.4. The van der Waals surface area contributed by atoms with E-state index in [1.807, 2.05) is 40.7 Å². The van der Waals surface area contributed by atoms with E-state index in [4.69, 9.17) is 4.74 Å². The molecule has 1 aliphatic carbocycles. The summed E-state index contributed by atoms with van der Waals surface area (Å²) < 4.78 is 7.50. The first-order valence-corrected chi connectivity index (χ1v) is 14.3. The van der Waals surface area contributed by atoms with Gasteiger partial charge in [0, 0.05) is 37.1 Å². The van der Waals surface area contributed by atoms with Crippen molar-refractivity contribution >= 4 is 22.7 Å². The van der Waals surface area contributed by atoms with Crippen LogP contribution in [0.2, 0.25) is 0 Å². The van der Waals surface area contributed by atoms with Crippen LogP contribution in [0.5, 0.6) is 5.75 Å². The molecule has 1 aromatic carbocycles. The summed E-state index contributed by atoms with van der Waals surface area (Å²) in [7, 11) is 1.65. The zero-order valence-electron chi connectivity index (χ0n) is 23.1. The Balaban J connectivity index is 1.36. The molecule has 0 bridgehead atoms. The molecule has 2 amide bonds. The van der Waals surface area contributed by atoms with Crippen LogP contribution in [-0.2, 0) is 11.3 Å². The van der Waals surface area contributed by atoms with Crippen LogP contribution in [0.25, 0.3) is 10.9 Å². The van der Waals surface area contributed by atoms with Crippen molar-refractivity contribution in [3.8, 4) is 5.75 Å². The molecule has 3 aliphatic rings. The van der Waals surface area contributed by atoms with E-state index in [-0.39, 0.29) is 17.9 Å². The number of methoxy groups -OCH3 is 1. The van der Waals surface area contributed by atoms with Crippen LogP contribution in [0.4, 0.5) is 0 Å². The van der Waals surface area contributed by atoms with Gasteiger partial charge in [-0.1, -0.05) is 33.1 Å². The quantitative estimate of drug-likeness (QED) is 0.552. The summed E-state index contributed by atoms with van der Waals surface area (Å²) in [5.74, 6) is 2.16. The first kappa shape index (κ1) is 26.1. The highest BCUT2D eigenvalue weighted by molar-refractivity contribution is 6.04. The molecular weight excluding hydrogens is 464 g/mol. The molecule has 5 rings (SSSR count). The lowest BCUT2D eigenvalue weighted by atomic mass is 9.86. The average Bonchev–Trinajstić information content (AvgIpc) is 3.24. The van der Waals surface area contributed by atoms with Gasteiger partial charge in [0.05, 0.1) is 19.2 Å². The lowest BCUT2D eigenvalue weighted by molar-refractivity contribution is -0.134. The van der Waals surface area contributed by atoms with E-state index >= 15 is 0 Å². The molecule has 7 heteroatoms. The third-order valence-corrected chi connectivity index (χ3v) is 8.86. The Morgan fingerprint density at radius 3 is 2.54 bits per heavy atom. The van der Waals surface area contributed by atoms with Crippen LogP contribution < -0.4 is 10.1 Å². The number of nitrogens with zero attached hydrogens (tertiary/aromatic N) is 3. The zero-order chi connectivity index (χ0) is 26.2. The highest BCUT2D eigenvalue weighted by atomic mass is 16.5. The Labute approximate surface area is 221 Å². The summed E-state index contributed by atoms with van der Waals surface area (Å²) in [6.45, 7) is 11.0. The topological polar surface area (TPSA) is 66.8 Å². The Kier molecular flexibility index (Phi) is 7.53. The summed E-state index contributed by atoms with van der Waals surface area (Å²) in [5, 5.41) is 4.24. The predicted octanol–water partition coefficient (Wildman–Crippen LogP) is 4.68. The number of fused-ring (bicyclic) bond motifs is 3. The maximum Gasteiger partial charge on any atom is 0.271 e. The minimum Gasteiger partial charge on any atom is -0.497 e. The number of carbonyl (C=O) groups is 2. The second kappa shape index (κ2) is 10.7. The molecule has 202 valence electrons. The van der Waals surface area contributed by atoms with Crippen molar-refractivity contribution in [3.05, 3.63) is 30.0 Å². The van der Waals surface area contributed by atoms with Gasteiger partial charge >= 0.3 is 0 Å². The molecule has 1 N–H and O–H groups in total. The van der Waals surface area contributed by atoms with Gasteiger partial charge in [-0.05, 0) is 69.2 Å². The number of aromatic nitrogens is 1. The number of carbonyl (C=O) groups excluding carboxylic acids is 2. The number of hydrogen-bond acceptors (Lipinski definition) is 4. The number of ether oxygens (including phenoxy) is 1. The van der Waals surface area contributed by atoms with Crippen LogP contribution in [-0.4, -0.2) is 71.1 Å². The first-order chi connectivity index (χ1) is 17.8. The SMILES string of the molecule is COc1ccc2cc3n(c2c1)C[C@](C)(C(=O)NCCCN1C[C@@H](C)C[C@H](C)C1)N(C1CCCCC1)C3=O. The fraction of sp³-hybridized carbons (Fsp3) is 0.667. The Bertz CT molecular complexity index is 1130. The van der Waals surface area contributed by atoms with E-state index < -0.39 is 5.54 Å². The lowest BCUT2D eigenvalue weighted by Crippen LogP contribution is -2.66. The molecular formula is C30H44N4O3. The largest absolute Gasteiger partial charge is 0.497 e. The van der Waals surface area contributed by atoms with Crippen LogP contribution in [0.15, 0.2) is 24.3 Å². The van der Waals surface area contributed by atoms with Crippen molar-refractivity contribution in [2.45, 2.75) is 83.8 Å². The molecule has 37 heavy (non-hydrogen) atoms. The van der Waals surface area contributed by atoms with E-state index in [9.17, 15) is 9.59 Å². The van der Waals surface area contributed by atoms with E-state index in [2.05, 4.69) is 24.1 Å². The van der Waals surface area contributed by atoms with Crippen molar-refractivity contribution in [2.75, 3.05) is 33.3 Å². The van der Waals surface area contributed by atoms with Crippen molar-refractivity contribution < 1.29 is 14.3 Å². The van der Waals surface area contributed by atoms with E-state index in [0.717, 1.165) is 80.2 Å². The first-order valence-electron chi connectivity index (χ1n) is 14.3. The molecule has 1 saturated heterocycles. The second-order valence-electron chi connectivity index (χ2n) is 12.1. The highest BCUT2D eigenvalue weighted by Gasteiger charge is 2.50. The third-order valence-electron chi connectivity index (χ3n) is 8.86. The van der Waals surface area contributed by atoms with Crippen molar-refractivity contribution in [3.63, 3.8) is 0 Å². The molecule has 1 aromatic heterocycles. The van der Waals surface area contributed by atoms with Crippen LogP contribution in [0.3, 0.4) is 0 Å². The molecule has 0 radical (unpaired) electrons. The maximum absolute atomic E-state index is 14.0. The van der Waals surface area contributed by atoms with Crippen molar-refractivity contribution in [1.82, 2.24) is 19.7 Å². The summed E-state index contributed by atoms with van der Waals surface area (Å²) in [6, 6.07) is 7.98. The number of rotatable bonds is 7. The standard InChI is InChI=1S/C30H44N4O3/c1-21-15-22(2)19-32(18-21)14-8-13-31-29(36)30(3)20-33-26-17-25(37-4)12-11-23(26)16-27(33)28(35)34(30)24-9-6-5-7-10-24/h11-12,16-17,21-22,24H,5-10,13-15,18-20H2,1-4H3,(H,31,36)/t21-,22-,30+/m0/s1. The number of likely N-dealkylation sites (tertiary alicyclic amines) is 1. The van der Waals surface area contributed by atoms with Gasteiger partial charge in [-0.15, -0.1) is 0 Å². The summed E-state index contributed by atoms with van der Waals surface area (Å²) in [4.78, 5) is 32.4. The minimum atomic E-state index is -0.935. The average molecular weight is 509 g/mol. The fourth-order valence-corrected chi connectivity index (χ4v) is 7.20. The van der Waals surface area contributed by atoms with Crippen molar-refractivity contribution in [1.29, 1.82) is 0 Å². The van der Waals surface area contributed by atoms with E-state index in [0.29, 0.717) is 18.8 Å². The predicted molar refractivity (Wildman–Crippen MR) is 147 cm³/mol. The molecule has 7 nitrogen and oxygen atoms in total. The summed E-state index contributed by atoms with van der Waals surface area (Å²) in [5.41, 5.74) is 0.681. The Hall–Kier alpha value is -2.54. The number of piperidine rings is 1. The second-order valence-corrected chi connectivity index (χ2v) is 12.1. The number of amides is 2. The molecule has 2 aromatic rings. The number of nitrogens with one attached hydrogen (secondary N) is 1. The highest BCUT2D eigenvalue weighted by Crippen LogP contribution is 2.38. The van der Waals surface area contributed by atoms with Gasteiger partial charge in [0.2, 0.25) is 5.91 Å². The van der Waals surface area contributed by atoms with Crippen LogP contribution in [0.1, 0.15) is 76.2 Å². The van der Waals surface area contributed by atoms with Crippen LogP contribution in [0, 0.1) is 11.8 Å². The molecule has 1 saturated carbocycles. The molecule has 0 unspecified atom stereocenters. The molecule has 3 heterocycles. The fourth-order valence-electron chi connectivity index (χ4n) is 7.20. The number of benzene rings is 1. The van der Waals surface area contributed by atoms with E-state index in [1.165, 1.54) is 12.8 Å². The molecule has 3 atom stereocenters. The minimum absolute atomic E-state index is 0.0257. The maximum atomic E-state index is 14.0. The van der Waals surface area contributed by atoms with Crippen LogP contribution >= 0.6 is 0 Å². The molecule has 0 spiro atoms. The van der Waals surface area contributed by atoms with Gasteiger partial charge in [0.15, 0.2) is 0 Å². The summed E-state index contributed by atoms with van der Waals surface area (Å²) in [6.07, 6.45) is 7.58. The molecule has 2 aliphatic heterocycles. The van der Waals surface area contributed by atoms with Gasteiger partial charge in [-0.2, -0.15) is 0 Å². The zero-order valence-corrected chi connectivity index (χ0v) is 23.1. The van der Waals surface area contributed by atoms with Gasteiger partial charge < -0.3 is 24.4 Å². The lowest BCUT2D eigenvalue weighted by Gasteiger charge is -2.49. The third kappa shape index (κ3) is 5.12. The monoisotopic (exact) mass is 508 g/mol.